The van der Waals surface area contributed by atoms with Gasteiger partial charge in [-0.05, 0) is 31.1 Å². The van der Waals surface area contributed by atoms with Crippen LogP contribution >= 0.6 is 0 Å². The summed E-state index contributed by atoms with van der Waals surface area (Å²) in [6.07, 6.45) is 5.53. The predicted octanol–water partition coefficient (Wildman–Crippen LogP) is 1.88. The third kappa shape index (κ3) is 4.94. The van der Waals surface area contributed by atoms with Gasteiger partial charge in [0.2, 0.25) is 0 Å². The number of rotatable bonds is 9. The molecule has 0 atom stereocenters. The molecule has 0 aromatic rings. The fraction of sp³-hybridized carbons (Fsp3) is 1.00. The molecule has 3 heteroatoms. The summed E-state index contributed by atoms with van der Waals surface area (Å²) >= 11 is 0. The Morgan fingerprint density at radius 2 is 1.94 bits per heavy atom. The molecule has 0 bridgehead atoms. The number of hydrogen-bond donors (Lipinski definition) is 1. The fourth-order valence-electron chi connectivity index (χ4n) is 2.35. The van der Waals surface area contributed by atoms with E-state index < -0.39 is 0 Å². The standard InChI is InChI=1S/C14H28N2O/c1-14(2,10-15-12-4-5-12)11-16(8-9-17-3)13-6-7-13/h12-13,15H,4-11H2,1-3H3. The molecule has 0 radical (unpaired) electrons. The Morgan fingerprint density at radius 1 is 1.24 bits per heavy atom. The van der Waals surface area contributed by atoms with E-state index in [-0.39, 0.29) is 0 Å². The number of nitrogens with one attached hydrogen (secondary N) is 1. The lowest BCUT2D eigenvalue weighted by atomic mass is 9.92. The van der Waals surface area contributed by atoms with Gasteiger partial charge in [0, 0.05) is 38.8 Å². The van der Waals surface area contributed by atoms with E-state index in [4.69, 9.17) is 4.74 Å². The van der Waals surface area contributed by atoms with Crippen LogP contribution in [0, 0.1) is 5.41 Å². The number of ether oxygens (including phenoxy) is 1. The molecule has 2 aliphatic rings. The van der Waals surface area contributed by atoms with Crippen molar-refractivity contribution in [1.82, 2.24) is 10.2 Å². The van der Waals surface area contributed by atoms with Gasteiger partial charge in [-0.15, -0.1) is 0 Å². The van der Waals surface area contributed by atoms with Crippen molar-refractivity contribution in [3.8, 4) is 0 Å². The van der Waals surface area contributed by atoms with Gasteiger partial charge in [-0.25, -0.2) is 0 Å². The molecule has 0 aromatic heterocycles. The summed E-state index contributed by atoms with van der Waals surface area (Å²) in [4.78, 5) is 2.62. The molecule has 17 heavy (non-hydrogen) atoms. The van der Waals surface area contributed by atoms with Crippen molar-refractivity contribution in [2.45, 2.75) is 51.6 Å². The lowest BCUT2D eigenvalue weighted by Crippen LogP contribution is -2.43. The second kappa shape index (κ2) is 5.68. The zero-order valence-corrected chi connectivity index (χ0v) is 11.7. The summed E-state index contributed by atoms with van der Waals surface area (Å²) < 4.78 is 5.22. The molecule has 0 saturated heterocycles. The molecule has 0 unspecified atom stereocenters. The number of methoxy groups -OCH3 is 1. The van der Waals surface area contributed by atoms with Gasteiger partial charge in [-0.1, -0.05) is 13.8 Å². The van der Waals surface area contributed by atoms with Gasteiger partial charge in [0.1, 0.15) is 0 Å². The van der Waals surface area contributed by atoms with Crippen LogP contribution in [0.1, 0.15) is 39.5 Å². The van der Waals surface area contributed by atoms with E-state index >= 15 is 0 Å². The second-order valence-electron chi connectivity index (χ2n) is 6.51. The maximum absolute atomic E-state index is 5.22. The summed E-state index contributed by atoms with van der Waals surface area (Å²) in [5.74, 6) is 0. The van der Waals surface area contributed by atoms with E-state index in [1.165, 1.54) is 32.2 Å². The van der Waals surface area contributed by atoms with Crippen LogP contribution in [0.3, 0.4) is 0 Å². The van der Waals surface area contributed by atoms with Crippen LogP contribution in [-0.4, -0.2) is 50.3 Å². The molecule has 100 valence electrons. The second-order valence-corrected chi connectivity index (χ2v) is 6.51. The monoisotopic (exact) mass is 240 g/mol. The van der Waals surface area contributed by atoms with Crippen molar-refractivity contribution in [2.75, 3.05) is 33.4 Å². The topological polar surface area (TPSA) is 24.5 Å². The van der Waals surface area contributed by atoms with Gasteiger partial charge in [-0.3, -0.25) is 4.90 Å². The Morgan fingerprint density at radius 3 is 2.47 bits per heavy atom. The molecule has 0 amide bonds. The van der Waals surface area contributed by atoms with Crippen molar-refractivity contribution in [3.63, 3.8) is 0 Å². The molecule has 0 spiro atoms. The highest BCUT2D eigenvalue weighted by molar-refractivity contribution is 4.90. The minimum absolute atomic E-state index is 0.374. The molecule has 2 aliphatic carbocycles. The summed E-state index contributed by atoms with van der Waals surface area (Å²) in [6, 6.07) is 1.66. The van der Waals surface area contributed by atoms with Gasteiger partial charge in [0.15, 0.2) is 0 Å². The Bertz CT molecular complexity index is 234. The quantitative estimate of drug-likeness (QED) is 0.666. The highest BCUT2D eigenvalue weighted by atomic mass is 16.5. The maximum atomic E-state index is 5.22. The minimum atomic E-state index is 0.374. The smallest absolute Gasteiger partial charge is 0.0589 e. The van der Waals surface area contributed by atoms with Crippen molar-refractivity contribution in [1.29, 1.82) is 0 Å². The lowest BCUT2D eigenvalue weighted by molar-refractivity contribution is 0.112. The van der Waals surface area contributed by atoms with Gasteiger partial charge < -0.3 is 10.1 Å². The first kappa shape index (κ1) is 13.3. The predicted molar refractivity (Wildman–Crippen MR) is 71.3 cm³/mol. The van der Waals surface area contributed by atoms with E-state index in [9.17, 15) is 0 Å². The van der Waals surface area contributed by atoms with Crippen LogP contribution in [-0.2, 0) is 4.74 Å². The average molecular weight is 240 g/mol. The largest absolute Gasteiger partial charge is 0.383 e. The van der Waals surface area contributed by atoms with Crippen LogP contribution in [0.25, 0.3) is 0 Å². The zero-order valence-electron chi connectivity index (χ0n) is 11.7. The molecular weight excluding hydrogens is 212 g/mol. The van der Waals surface area contributed by atoms with Crippen LogP contribution in [0.2, 0.25) is 0 Å². The third-order valence-electron chi connectivity index (χ3n) is 3.72. The van der Waals surface area contributed by atoms with Gasteiger partial charge in [-0.2, -0.15) is 0 Å². The summed E-state index contributed by atoms with van der Waals surface area (Å²) in [7, 11) is 1.80. The van der Waals surface area contributed by atoms with Crippen LogP contribution in [0.5, 0.6) is 0 Å². The Kier molecular flexibility index (Phi) is 4.45. The first-order valence-corrected chi connectivity index (χ1v) is 7.07. The average Bonchev–Trinajstić information content (AvgIpc) is 3.16. The molecule has 3 nitrogen and oxygen atoms in total. The van der Waals surface area contributed by atoms with Crippen molar-refractivity contribution in [3.05, 3.63) is 0 Å². The van der Waals surface area contributed by atoms with Crippen molar-refractivity contribution >= 4 is 0 Å². The molecule has 2 saturated carbocycles. The molecule has 0 aliphatic heterocycles. The van der Waals surface area contributed by atoms with E-state index in [2.05, 4.69) is 24.1 Å². The first-order valence-electron chi connectivity index (χ1n) is 7.07. The Balaban J connectivity index is 1.73. The van der Waals surface area contributed by atoms with Gasteiger partial charge in [0.25, 0.3) is 0 Å². The maximum Gasteiger partial charge on any atom is 0.0589 e. The Hall–Kier alpha value is -0.120. The highest BCUT2D eigenvalue weighted by Crippen LogP contribution is 2.30. The van der Waals surface area contributed by atoms with Gasteiger partial charge in [0.05, 0.1) is 6.61 Å². The lowest BCUT2D eigenvalue weighted by Gasteiger charge is -2.33. The molecule has 1 N–H and O–H groups in total. The molecule has 0 heterocycles. The third-order valence-corrected chi connectivity index (χ3v) is 3.72. The fourth-order valence-corrected chi connectivity index (χ4v) is 2.35. The van der Waals surface area contributed by atoms with Crippen LogP contribution in [0.4, 0.5) is 0 Å². The van der Waals surface area contributed by atoms with E-state index in [0.29, 0.717) is 5.41 Å². The highest BCUT2D eigenvalue weighted by Gasteiger charge is 2.33. The molecule has 2 rings (SSSR count). The van der Waals surface area contributed by atoms with E-state index in [1.54, 1.807) is 7.11 Å². The van der Waals surface area contributed by atoms with E-state index in [1.807, 2.05) is 0 Å². The molecule has 0 aromatic carbocycles. The summed E-state index contributed by atoms with van der Waals surface area (Å²) in [5, 5.41) is 3.66. The molecular formula is C14H28N2O. The van der Waals surface area contributed by atoms with E-state index in [0.717, 1.165) is 31.8 Å². The minimum Gasteiger partial charge on any atom is -0.383 e. The summed E-state index contributed by atoms with van der Waals surface area (Å²) in [5.41, 5.74) is 0.374. The Labute approximate surface area is 106 Å². The SMILES string of the molecule is COCCN(CC(C)(C)CNC1CC1)C1CC1. The summed E-state index contributed by atoms with van der Waals surface area (Å²) in [6.45, 7) is 9.06. The normalized spacial score (nSPS) is 21.2. The van der Waals surface area contributed by atoms with Gasteiger partial charge >= 0.3 is 0 Å². The van der Waals surface area contributed by atoms with Crippen LogP contribution in [0.15, 0.2) is 0 Å². The molecule has 2 fully saturated rings. The first-order chi connectivity index (χ1) is 8.11. The zero-order chi connectivity index (χ0) is 12.3. The van der Waals surface area contributed by atoms with Crippen molar-refractivity contribution < 1.29 is 4.74 Å². The number of nitrogens with zero attached hydrogens (tertiary/aromatic N) is 1. The van der Waals surface area contributed by atoms with Crippen LogP contribution < -0.4 is 5.32 Å². The number of hydrogen-bond acceptors (Lipinski definition) is 3. The van der Waals surface area contributed by atoms with Crippen molar-refractivity contribution in [2.24, 2.45) is 5.41 Å².